The van der Waals surface area contributed by atoms with Crippen molar-refractivity contribution in [1.29, 1.82) is 0 Å². The Morgan fingerprint density at radius 2 is 2.20 bits per heavy atom. The molecule has 0 radical (unpaired) electrons. The van der Waals surface area contributed by atoms with Crippen LogP contribution in [0.2, 0.25) is 0 Å². The lowest BCUT2D eigenvalue weighted by molar-refractivity contribution is 0.0547. The molecule has 5 nitrogen and oxygen atoms in total. The van der Waals surface area contributed by atoms with E-state index < -0.39 is 0 Å². The van der Waals surface area contributed by atoms with E-state index in [1.807, 2.05) is 31.2 Å². The number of hydrogen-bond acceptors (Lipinski definition) is 5. The highest BCUT2D eigenvalue weighted by Crippen LogP contribution is 2.13. The summed E-state index contributed by atoms with van der Waals surface area (Å²) in [5, 5.41) is 21.8. The Hall–Kier alpha value is -1.14. The number of hydrogen-bond donors (Lipinski definition) is 3. The molecule has 1 aliphatic rings. The molecule has 112 valence electrons. The Balaban J connectivity index is 1.81. The number of aliphatic hydroxyl groups excluding tert-OH is 2. The summed E-state index contributed by atoms with van der Waals surface area (Å²) in [5.41, 5.74) is 1.18. The number of ether oxygens (including phenoxy) is 1. The predicted octanol–water partition coefficient (Wildman–Crippen LogP) is 0.000820. The quantitative estimate of drug-likeness (QED) is 0.684. The molecule has 0 amide bonds. The first-order valence-corrected chi connectivity index (χ1v) is 7.11. The van der Waals surface area contributed by atoms with E-state index in [0.29, 0.717) is 13.2 Å². The van der Waals surface area contributed by atoms with Gasteiger partial charge in [0.25, 0.3) is 0 Å². The van der Waals surface area contributed by atoms with Crippen molar-refractivity contribution in [1.82, 2.24) is 10.2 Å². The molecular weight excluding hydrogens is 256 g/mol. The number of rotatable bonds is 6. The third-order valence-corrected chi connectivity index (χ3v) is 3.68. The molecule has 0 bridgehead atoms. The van der Waals surface area contributed by atoms with Gasteiger partial charge in [-0.05, 0) is 24.6 Å². The molecule has 5 heteroatoms. The first-order chi connectivity index (χ1) is 9.72. The number of aryl methyl sites for hydroxylation is 1. The second kappa shape index (κ2) is 7.59. The zero-order valence-corrected chi connectivity index (χ0v) is 12.0. The summed E-state index contributed by atoms with van der Waals surface area (Å²) in [5.74, 6) is 0.874. The van der Waals surface area contributed by atoms with Crippen LogP contribution in [0.3, 0.4) is 0 Å². The van der Waals surface area contributed by atoms with Gasteiger partial charge in [-0.25, -0.2) is 0 Å². The number of piperazine rings is 1. The third kappa shape index (κ3) is 4.18. The molecule has 0 aliphatic carbocycles. The van der Waals surface area contributed by atoms with E-state index in [1.54, 1.807) is 0 Å². The highest BCUT2D eigenvalue weighted by Gasteiger charge is 2.26. The largest absolute Gasteiger partial charge is 0.492 e. The Bertz CT molecular complexity index is 414. The topological polar surface area (TPSA) is 65.0 Å². The first kappa shape index (κ1) is 15.3. The first-order valence-electron chi connectivity index (χ1n) is 7.11. The Morgan fingerprint density at radius 1 is 1.35 bits per heavy atom. The van der Waals surface area contributed by atoms with Gasteiger partial charge in [0.2, 0.25) is 0 Å². The van der Waals surface area contributed by atoms with Crippen LogP contribution >= 0.6 is 0 Å². The molecule has 1 heterocycles. The monoisotopic (exact) mass is 280 g/mol. The maximum Gasteiger partial charge on any atom is 0.119 e. The fourth-order valence-corrected chi connectivity index (χ4v) is 2.49. The van der Waals surface area contributed by atoms with Gasteiger partial charge >= 0.3 is 0 Å². The van der Waals surface area contributed by atoms with Crippen molar-refractivity contribution in [3.8, 4) is 5.75 Å². The lowest BCUT2D eigenvalue weighted by Gasteiger charge is -2.38. The number of nitrogens with zero attached hydrogens (tertiary/aromatic N) is 1. The standard InChI is InChI=1S/C15H24N2O3/c1-12-3-2-4-15(7-12)20-6-5-17-9-13(10-18)16-8-14(17)11-19/h2-4,7,13-14,16,18-19H,5-6,8-11H2,1H3. The van der Waals surface area contributed by atoms with Crippen LogP contribution in [0.1, 0.15) is 5.56 Å². The van der Waals surface area contributed by atoms with Crippen LogP contribution in [0.4, 0.5) is 0 Å². The fourth-order valence-electron chi connectivity index (χ4n) is 2.49. The van der Waals surface area contributed by atoms with Gasteiger partial charge in [-0.15, -0.1) is 0 Å². The van der Waals surface area contributed by atoms with Gasteiger partial charge in [-0.1, -0.05) is 12.1 Å². The number of nitrogens with one attached hydrogen (secondary N) is 1. The number of benzene rings is 1. The summed E-state index contributed by atoms with van der Waals surface area (Å²) in [6.07, 6.45) is 0. The summed E-state index contributed by atoms with van der Waals surface area (Å²) in [6.45, 7) is 5.04. The molecule has 2 unspecified atom stereocenters. The normalized spacial score (nSPS) is 23.8. The molecule has 1 fully saturated rings. The summed E-state index contributed by atoms with van der Waals surface area (Å²) < 4.78 is 5.75. The zero-order valence-electron chi connectivity index (χ0n) is 12.0. The van der Waals surface area contributed by atoms with Crippen LogP contribution in [0.15, 0.2) is 24.3 Å². The minimum atomic E-state index is 0.0803. The maximum atomic E-state index is 9.39. The van der Waals surface area contributed by atoms with Crippen molar-refractivity contribution in [2.45, 2.75) is 19.0 Å². The molecule has 1 saturated heterocycles. The third-order valence-electron chi connectivity index (χ3n) is 3.68. The van der Waals surface area contributed by atoms with Crippen LogP contribution in [0.25, 0.3) is 0 Å². The van der Waals surface area contributed by atoms with E-state index in [0.717, 1.165) is 18.8 Å². The molecular formula is C15H24N2O3. The molecule has 2 atom stereocenters. The SMILES string of the molecule is Cc1cccc(OCCN2CC(CO)NCC2CO)c1. The van der Waals surface area contributed by atoms with Crippen LogP contribution < -0.4 is 10.1 Å². The van der Waals surface area contributed by atoms with E-state index in [-0.39, 0.29) is 25.3 Å². The van der Waals surface area contributed by atoms with E-state index in [1.165, 1.54) is 5.56 Å². The average molecular weight is 280 g/mol. The summed E-state index contributed by atoms with van der Waals surface area (Å²) in [4.78, 5) is 2.17. The van der Waals surface area contributed by atoms with Crippen molar-refractivity contribution in [2.24, 2.45) is 0 Å². The maximum absolute atomic E-state index is 9.39. The van der Waals surface area contributed by atoms with Crippen LogP contribution in [0.5, 0.6) is 5.75 Å². The second-order valence-electron chi connectivity index (χ2n) is 5.28. The smallest absolute Gasteiger partial charge is 0.119 e. The van der Waals surface area contributed by atoms with E-state index in [2.05, 4.69) is 10.2 Å². The Morgan fingerprint density at radius 3 is 2.90 bits per heavy atom. The van der Waals surface area contributed by atoms with Crippen LogP contribution in [-0.4, -0.2) is 66.7 Å². The molecule has 2 rings (SSSR count). The molecule has 0 saturated carbocycles. The minimum Gasteiger partial charge on any atom is -0.492 e. The van der Waals surface area contributed by atoms with Crippen molar-refractivity contribution < 1.29 is 14.9 Å². The lowest BCUT2D eigenvalue weighted by atomic mass is 10.1. The van der Waals surface area contributed by atoms with E-state index in [9.17, 15) is 10.2 Å². The molecule has 0 spiro atoms. The summed E-state index contributed by atoms with van der Waals surface area (Å²) in [7, 11) is 0. The molecule has 3 N–H and O–H groups in total. The number of aliphatic hydroxyl groups is 2. The van der Waals surface area contributed by atoms with Gasteiger partial charge in [0.1, 0.15) is 12.4 Å². The van der Waals surface area contributed by atoms with Gasteiger partial charge in [0.15, 0.2) is 0 Å². The molecule has 0 aromatic heterocycles. The zero-order chi connectivity index (χ0) is 14.4. The summed E-state index contributed by atoms with van der Waals surface area (Å²) in [6, 6.07) is 8.16. The minimum absolute atomic E-state index is 0.0803. The Labute approximate surface area is 120 Å². The predicted molar refractivity (Wildman–Crippen MR) is 78.0 cm³/mol. The van der Waals surface area contributed by atoms with Crippen LogP contribution in [0, 0.1) is 6.92 Å². The molecule has 20 heavy (non-hydrogen) atoms. The second-order valence-corrected chi connectivity index (χ2v) is 5.28. The Kier molecular flexibility index (Phi) is 5.79. The average Bonchev–Trinajstić information content (AvgIpc) is 2.47. The fraction of sp³-hybridized carbons (Fsp3) is 0.600. The van der Waals surface area contributed by atoms with Crippen molar-refractivity contribution in [3.05, 3.63) is 29.8 Å². The van der Waals surface area contributed by atoms with Crippen molar-refractivity contribution >= 4 is 0 Å². The van der Waals surface area contributed by atoms with Crippen LogP contribution in [-0.2, 0) is 0 Å². The molecule has 1 aliphatic heterocycles. The summed E-state index contributed by atoms with van der Waals surface area (Å²) >= 11 is 0. The lowest BCUT2D eigenvalue weighted by Crippen LogP contribution is -2.59. The highest BCUT2D eigenvalue weighted by molar-refractivity contribution is 5.27. The van der Waals surface area contributed by atoms with E-state index >= 15 is 0 Å². The van der Waals surface area contributed by atoms with E-state index in [4.69, 9.17) is 4.74 Å². The molecule has 1 aromatic rings. The highest BCUT2D eigenvalue weighted by atomic mass is 16.5. The van der Waals surface area contributed by atoms with Gasteiger partial charge in [0, 0.05) is 31.7 Å². The van der Waals surface area contributed by atoms with Crippen molar-refractivity contribution in [2.75, 3.05) is 39.5 Å². The van der Waals surface area contributed by atoms with Gasteiger partial charge in [0.05, 0.1) is 13.2 Å². The van der Waals surface area contributed by atoms with Gasteiger partial charge < -0.3 is 20.3 Å². The van der Waals surface area contributed by atoms with Crippen molar-refractivity contribution in [3.63, 3.8) is 0 Å². The van der Waals surface area contributed by atoms with Gasteiger partial charge in [-0.3, -0.25) is 4.90 Å². The van der Waals surface area contributed by atoms with Gasteiger partial charge in [-0.2, -0.15) is 0 Å². The molecule has 1 aromatic carbocycles.